The SMILES string of the molecule is CCCCCCCCCCOc1ccc([C@H](N)[C@@H](N)c2ccc(OCCCCCCCCCC)cc2)cc1. The van der Waals surface area contributed by atoms with E-state index in [0.29, 0.717) is 0 Å². The molecule has 0 aliphatic carbocycles. The van der Waals surface area contributed by atoms with Crippen LogP contribution < -0.4 is 20.9 Å². The summed E-state index contributed by atoms with van der Waals surface area (Å²) in [5.74, 6) is 1.80. The van der Waals surface area contributed by atoms with Crippen LogP contribution >= 0.6 is 0 Å². The fourth-order valence-electron chi connectivity index (χ4n) is 4.84. The summed E-state index contributed by atoms with van der Waals surface area (Å²) in [6, 6.07) is 15.6. The predicted molar refractivity (Wildman–Crippen MR) is 163 cm³/mol. The molecular formula is C34H56N2O2. The van der Waals surface area contributed by atoms with E-state index < -0.39 is 0 Å². The molecule has 0 aliphatic heterocycles. The maximum atomic E-state index is 6.53. The quantitative estimate of drug-likeness (QED) is 0.142. The molecule has 0 aromatic heterocycles. The van der Waals surface area contributed by atoms with Gasteiger partial charge in [-0.25, -0.2) is 0 Å². The molecule has 4 heteroatoms. The number of nitrogens with two attached hydrogens (primary N) is 2. The molecule has 2 aromatic carbocycles. The van der Waals surface area contributed by atoms with Gasteiger partial charge in [-0.15, -0.1) is 0 Å². The zero-order chi connectivity index (χ0) is 27.3. The van der Waals surface area contributed by atoms with Gasteiger partial charge >= 0.3 is 0 Å². The van der Waals surface area contributed by atoms with Crippen LogP contribution in [0.2, 0.25) is 0 Å². The fraction of sp³-hybridized carbons (Fsp3) is 0.647. The fourth-order valence-corrected chi connectivity index (χ4v) is 4.84. The lowest BCUT2D eigenvalue weighted by atomic mass is 9.95. The predicted octanol–water partition coefficient (Wildman–Crippen LogP) is 9.43. The average molecular weight is 525 g/mol. The molecule has 0 heterocycles. The van der Waals surface area contributed by atoms with Gasteiger partial charge in [0.15, 0.2) is 0 Å². The Bertz CT molecular complexity index is 737. The highest BCUT2D eigenvalue weighted by Gasteiger charge is 2.17. The summed E-state index contributed by atoms with van der Waals surface area (Å²) in [6.07, 6.45) is 20.9. The van der Waals surface area contributed by atoms with E-state index in [2.05, 4.69) is 13.8 Å². The minimum Gasteiger partial charge on any atom is -0.494 e. The first kappa shape index (κ1) is 32.2. The summed E-state index contributed by atoms with van der Waals surface area (Å²) in [5.41, 5.74) is 15.1. The van der Waals surface area contributed by atoms with E-state index in [1.54, 1.807) is 0 Å². The molecule has 0 aliphatic rings. The molecule has 38 heavy (non-hydrogen) atoms. The Kier molecular flexibility index (Phi) is 17.7. The van der Waals surface area contributed by atoms with Crippen molar-refractivity contribution in [2.45, 2.75) is 129 Å². The molecule has 0 saturated heterocycles. The van der Waals surface area contributed by atoms with Crippen LogP contribution in [0.5, 0.6) is 11.5 Å². The van der Waals surface area contributed by atoms with Crippen molar-refractivity contribution in [2.24, 2.45) is 11.5 Å². The Labute approximate surface area is 233 Å². The second kappa shape index (κ2) is 20.9. The highest BCUT2D eigenvalue weighted by Crippen LogP contribution is 2.27. The minimum absolute atomic E-state index is 0.277. The van der Waals surface area contributed by atoms with E-state index in [0.717, 1.165) is 48.7 Å². The lowest BCUT2D eigenvalue weighted by Gasteiger charge is -2.21. The summed E-state index contributed by atoms with van der Waals surface area (Å²) in [7, 11) is 0. The Morgan fingerprint density at radius 2 is 0.737 bits per heavy atom. The molecule has 4 N–H and O–H groups in total. The van der Waals surface area contributed by atoms with Crippen molar-refractivity contribution < 1.29 is 9.47 Å². The number of rotatable bonds is 23. The van der Waals surface area contributed by atoms with Crippen LogP contribution in [0.15, 0.2) is 48.5 Å². The van der Waals surface area contributed by atoms with Crippen LogP contribution in [0.3, 0.4) is 0 Å². The van der Waals surface area contributed by atoms with E-state index in [1.807, 2.05) is 48.5 Å². The summed E-state index contributed by atoms with van der Waals surface area (Å²) >= 11 is 0. The maximum Gasteiger partial charge on any atom is 0.119 e. The van der Waals surface area contributed by atoms with E-state index in [4.69, 9.17) is 20.9 Å². The first-order chi connectivity index (χ1) is 18.7. The van der Waals surface area contributed by atoms with Gasteiger partial charge < -0.3 is 20.9 Å². The molecule has 2 atom stereocenters. The van der Waals surface area contributed by atoms with Gasteiger partial charge in [-0.1, -0.05) is 128 Å². The van der Waals surface area contributed by atoms with Gasteiger partial charge in [0.1, 0.15) is 11.5 Å². The van der Waals surface area contributed by atoms with E-state index >= 15 is 0 Å². The third-order valence-corrected chi connectivity index (χ3v) is 7.45. The largest absolute Gasteiger partial charge is 0.494 e. The second-order valence-corrected chi connectivity index (χ2v) is 10.8. The number of ether oxygens (including phenoxy) is 2. The summed E-state index contributed by atoms with van der Waals surface area (Å²) in [4.78, 5) is 0. The van der Waals surface area contributed by atoms with Gasteiger partial charge in [-0.3, -0.25) is 0 Å². The Balaban J connectivity index is 1.63. The molecule has 2 rings (SSSR count). The van der Waals surface area contributed by atoms with E-state index in [9.17, 15) is 0 Å². The monoisotopic (exact) mass is 524 g/mol. The van der Waals surface area contributed by atoms with Gasteiger partial charge in [-0.05, 0) is 48.2 Å². The third-order valence-electron chi connectivity index (χ3n) is 7.45. The van der Waals surface area contributed by atoms with Crippen molar-refractivity contribution in [1.29, 1.82) is 0 Å². The summed E-state index contributed by atoms with van der Waals surface area (Å²) in [6.45, 7) is 6.07. The minimum atomic E-state index is -0.277. The number of unbranched alkanes of at least 4 members (excludes halogenated alkanes) is 14. The third kappa shape index (κ3) is 13.7. The topological polar surface area (TPSA) is 70.5 Å². The first-order valence-electron chi connectivity index (χ1n) is 15.6. The molecule has 0 saturated carbocycles. The van der Waals surface area contributed by atoms with Crippen LogP contribution in [-0.4, -0.2) is 13.2 Å². The zero-order valence-corrected chi connectivity index (χ0v) is 24.5. The Morgan fingerprint density at radius 1 is 0.447 bits per heavy atom. The average Bonchev–Trinajstić information content (AvgIpc) is 2.95. The molecule has 4 nitrogen and oxygen atoms in total. The lowest BCUT2D eigenvalue weighted by molar-refractivity contribution is 0.304. The molecular weight excluding hydrogens is 468 g/mol. The van der Waals surface area contributed by atoms with E-state index in [1.165, 1.54) is 89.9 Å². The van der Waals surface area contributed by atoms with Crippen LogP contribution in [0.25, 0.3) is 0 Å². The normalized spacial score (nSPS) is 12.8. The molecule has 0 amide bonds. The highest BCUT2D eigenvalue weighted by molar-refractivity contribution is 5.34. The van der Waals surface area contributed by atoms with Crippen molar-refractivity contribution in [3.05, 3.63) is 59.7 Å². The smallest absolute Gasteiger partial charge is 0.119 e. The van der Waals surface area contributed by atoms with Crippen molar-refractivity contribution in [1.82, 2.24) is 0 Å². The van der Waals surface area contributed by atoms with Crippen LogP contribution in [0.4, 0.5) is 0 Å². The maximum absolute atomic E-state index is 6.53. The lowest BCUT2D eigenvalue weighted by Crippen LogP contribution is -2.26. The molecule has 0 spiro atoms. The Hall–Kier alpha value is -2.04. The molecule has 0 fully saturated rings. The standard InChI is InChI=1S/C34H56N2O2/c1-3-5-7-9-11-13-15-17-27-37-31-23-19-29(20-24-31)33(35)34(36)30-21-25-32(26-22-30)38-28-18-16-14-12-10-8-6-4-2/h19-26,33-34H,3-18,27-28,35-36H2,1-2H3/t33-,34-/m0/s1. The van der Waals surface area contributed by atoms with Gasteiger partial charge in [0.25, 0.3) is 0 Å². The van der Waals surface area contributed by atoms with Gasteiger partial charge in [-0.2, -0.15) is 0 Å². The number of hydrogen-bond acceptors (Lipinski definition) is 4. The van der Waals surface area contributed by atoms with Crippen LogP contribution in [0, 0.1) is 0 Å². The van der Waals surface area contributed by atoms with Crippen molar-refractivity contribution in [3.8, 4) is 11.5 Å². The molecule has 2 aromatic rings. The molecule has 0 unspecified atom stereocenters. The number of benzene rings is 2. The van der Waals surface area contributed by atoms with Gasteiger partial charge in [0, 0.05) is 12.1 Å². The van der Waals surface area contributed by atoms with Crippen molar-refractivity contribution in [2.75, 3.05) is 13.2 Å². The van der Waals surface area contributed by atoms with Gasteiger partial charge in [0.2, 0.25) is 0 Å². The summed E-state index contributed by atoms with van der Waals surface area (Å²) < 4.78 is 11.9. The number of hydrogen-bond donors (Lipinski definition) is 2. The highest BCUT2D eigenvalue weighted by atomic mass is 16.5. The summed E-state index contributed by atoms with van der Waals surface area (Å²) in [5, 5.41) is 0. The molecule has 0 radical (unpaired) electrons. The van der Waals surface area contributed by atoms with Crippen molar-refractivity contribution in [3.63, 3.8) is 0 Å². The van der Waals surface area contributed by atoms with Crippen LogP contribution in [-0.2, 0) is 0 Å². The first-order valence-corrected chi connectivity index (χ1v) is 15.6. The second-order valence-electron chi connectivity index (χ2n) is 10.8. The molecule has 214 valence electrons. The molecule has 0 bridgehead atoms. The van der Waals surface area contributed by atoms with Crippen molar-refractivity contribution >= 4 is 0 Å². The van der Waals surface area contributed by atoms with Crippen LogP contribution in [0.1, 0.15) is 140 Å². The van der Waals surface area contributed by atoms with E-state index in [-0.39, 0.29) is 12.1 Å². The van der Waals surface area contributed by atoms with Gasteiger partial charge in [0.05, 0.1) is 13.2 Å². The zero-order valence-electron chi connectivity index (χ0n) is 24.5. The Morgan fingerprint density at radius 3 is 1.05 bits per heavy atom.